The Bertz CT molecular complexity index is 554. The lowest BCUT2D eigenvalue weighted by molar-refractivity contribution is -0.121. The van der Waals surface area contributed by atoms with Crippen LogP contribution in [-0.2, 0) is 11.2 Å². The number of halogens is 1. The van der Waals surface area contributed by atoms with E-state index in [1.807, 2.05) is 24.3 Å². The highest BCUT2D eigenvalue weighted by Gasteiger charge is 2.29. The molecule has 0 saturated carbocycles. The molecule has 1 N–H and O–H groups in total. The molecule has 1 amide bonds. The topological polar surface area (TPSA) is 35.6 Å². The molecule has 1 heterocycles. The summed E-state index contributed by atoms with van der Waals surface area (Å²) in [6, 6.07) is 7.85. The van der Waals surface area contributed by atoms with Gasteiger partial charge in [0, 0.05) is 49.7 Å². The van der Waals surface area contributed by atoms with E-state index in [1.165, 1.54) is 0 Å². The number of likely N-dealkylation sites (N-methyl/N-ethyl adjacent to an activating group) is 1. The number of benzene rings is 1. The average Bonchev–Trinajstić information content (AvgIpc) is 2.62. The zero-order chi connectivity index (χ0) is 18.3. The SMILES string of the molecule is CCN1CCN(C(C)(C)CNC(=O)CCCc2ccccc2Cl)CC1. The molecule has 4 nitrogen and oxygen atoms in total. The van der Waals surface area contributed by atoms with E-state index in [-0.39, 0.29) is 11.4 Å². The maximum atomic E-state index is 12.2. The number of carbonyl (C=O) groups is 1. The highest BCUT2D eigenvalue weighted by Crippen LogP contribution is 2.18. The highest BCUT2D eigenvalue weighted by molar-refractivity contribution is 6.31. The van der Waals surface area contributed by atoms with Gasteiger partial charge in [-0.2, -0.15) is 0 Å². The lowest BCUT2D eigenvalue weighted by Gasteiger charge is -2.44. The highest BCUT2D eigenvalue weighted by atomic mass is 35.5. The van der Waals surface area contributed by atoms with Gasteiger partial charge in [-0.05, 0) is 44.9 Å². The van der Waals surface area contributed by atoms with E-state index < -0.39 is 0 Å². The molecule has 0 aromatic heterocycles. The minimum absolute atomic E-state index is 0.00176. The minimum Gasteiger partial charge on any atom is -0.354 e. The summed E-state index contributed by atoms with van der Waals surface area (Å²) in [5.74, 6) is 0.132. The number of hydrogen-bond acceptors (Lipinski definition) is 3. The molecule has 0 atom stereocenters. The van der Waals surface area contributed by atoms with Crippen LogP contribution >= 0.6 is 11.6 Å². The maximum Gasteiger partial charge on any atom is 0.220 e. The summed E-state index contributed by atoms with van der Waals surface area (Å²) in [5.41, 5.74) is 1.11. The van der Waals surface area contributed by atoms with E-state index in [0.29, 0.717) is 13.0 Å². The smallest absolute Gasteiger partial charge is 0.220 e. The maximum absolute atomic E-state index is 12.2. The van der Waals surface area contributed by atoms with Gasteiger partial charge >= 0.3 is 0 Å². The molecule has 1 aromatic rings. The third-order valence-electron chi connectivity index (χ3n) is 5.20. The molecule has 0 bridgehead atoms. The summed E-state index contributed by atoms with van der Waals surface area (Å²) in [6.45, 7) is 12.9. The fourth-order valence-electron chi connectivity index (χ4n) is 3.33. The van der Waals surface area contributed by atoms with Crippen molar-refractivity contribution in [3.8, 4) is 0 Å². The first-order valence-corrected chi connectivity index (χ1v) is 9.77. The predicted octanol–water partition coefficient (Wildman–Crippen LogP) is 3.20. The second kappa shape index (κ2) is 9.56. The molecule has 0 aliphatic carbocycles. The number of nitrogens with one attached hydrogen (secondary N) is 1. The van der Waals surface area contributed by atoms with Crippen molar-refractivity contribution < 1.29 is 4.79 Å². The van der Waals surface area contributed by atoms with Gasteiger partial charge in [-0.3, -0.25) is 9.69 Å². The van der Waals surface area contributed by atoms with Gasteiger partial charge in [0.15, 0.2) is 0 Å². The first-order chi connectivity index (χ1) is 11.9. The van der Waals surface area contributed by atoms with Gasteiger partial charge in [-0.25, -0.2) is 0 Å². The Hall–Kier alpha value is -1.10. The molecule has 0 spiro atoms. The van der Waals surface area contributed by atoms with E-state index >= 15 is 0 Å². The Morgan fingerprint density at radius 2 is 1.88 bits per heavy atom. The standard InChI is InChI=1S/C20H32ClN3O/c1-4-23-12-14-24(15-13-23)20(2,3)16-22-19(25)11-7-9-17-8-5-6-10-18(17)21/h5-6,8,10H,4,7,9,11-16H2,1-3H3,(H,22,25). The second-order valence-corrected chi connectivity index (χ2v) is 7.86. The predicted molar refractivity (Wildman–Crippen MR) is 105 cm³/mol. The Kier molecular flexibility index (Phi) is 7.73. The van der Waals surface area contributed by atoms with Crippen LogP contribution in [-0.4, -0.2) is 60.5 Å². The average molecular weight is 366 g/mol. The summed E-state index contributed by atoms with van der Waals surface area (Å²) < 4.78 is 0. The van der Waals surface area contributed by atoms with Crippen molar-refractivity contribution in [2.45, 2.75) is 45.6 Å². The lowest BCUT2D eigenvalue weighted by Crippen LogP contribution is -2.58. The Balaban J connectivity index is 1.69. The zero-order valence-electron chi connectivity index (χ0n) is 15.9. The number of hydrogen-bond donors (Lipinski definition) is 1. The van der Waals surface area contributed by atoms with Gasteiger partial charge in [0.1, 0.15) is 0 Å². The largest absolute Gasteiger partial charge is 0.354 e. The summed E-state index contributed by atoms with van der Waals surface area (Å²) in [6.07, 6.45) is 2.21. The minimum atomic E-state index is -0.00176. The monoisotopic (exact) mass is 365 g/mol. The molecule has 2 rings (SSSR count). The van der Waals surface area contributed by atoms with Crippen LogP contribution in [0, 0.1) is 0 Å². The first kappa shape index (κ1) is 20.2. The van der Waals surface area contributed by atoms with Crippen LogP contribution in [0.4, 0.5) is 0 Å². The molecule has 0 unspecified atom stereocenters. The molecule has 1 aliphatic rings. The number of aryl methyl sites for hydroxylation is 1. The van der Waals surface area contributed by atoms with Crippen molar-refractivity contribution in [2.24, 2.45) is 0 Å². The van der Waals surface area contributed by atoms with Gasteiger partial charge in [-0.1, -0.05) is 36.7 Å². The van der Waals surface area contributed by atoms with Crippen molar-refractivity contribution in [3.63, 3.8) is 0 Å². The van der Waals surface area contributed by atoms with Crippen LogP contribution in [0.1, 0.15) is 39.2 Å². The molecule has 140 valence electrons. The summed E-state index contributed by atoms with van der Waals surface area (Å²) in [5, 5.41) is 3.91. The fraction of sp³-hybridized carbons (Fsp3) is 0.650. The van der Waals surface area contributed by atoms with Crippen LogP contribution in [0.25, 0.3) is 0 Å². The number of piperazine rings is 1. The molecule has 25 heavy (non-hydrogen) atoms. The molecular weight excluding hydrogens is 334 g/mol. The number of rotatable bonds is 8. The molecule has 5 heteroatoms. The Labute approximate surface area is 157 Å². The van der Waals surface area contributed by atoms with Crippen LogP contribution in [0.3, 0.4) is 0 Å². The number of amides is 1. The van der Waals surface area contributed by atoms with Gasteiger partial charge in [-0.15, -0.1) is 0 Å². The summed E-state index contributed by atoms with van der Waals surface area (Å²) in [7, 11) is 0. The molecule has 1 fully saturated rings. The van der Waals surface area contributed by atoms with Crippen molar-refractivity contribution in [2.75, 3.05) is 39.3 Å². The van der Waals surface area contributed by atoms with E-state index in [1.54, 1.807) is 0 Å². The van der Waals surface area contributed by atoms with Crippen LogP contribution in [0.15, 0.2) is 24.3 Å². The van der Waals surface area contributed by atoms with Crippen molar-refractivity contribution in [1.29, 1.82) is 0 Å². The van der Waals surface area contributed by atoms with Gasteiger partial charge in [0.05, 0.1) is 0 Å². The second-order valence-electron chi connectivity index (χ2n) is 7.46. The third-order valence-corrected chi connectivity index (χ3v) is 5.57. The van der Waals surface area contributed by atoms with E-state index in [4.69, 9.17) is 11.6 Å². The van der Waals surface area contributed by atoms with Gasteiger partial charge in [0.25, 0.3) is 0 Å². The molecule has 1 aromatic carbocycles. The zero-order valence-corrected chi connectivity index (χ0v) is 16.6. The van der Waals surface area contributed by atoms with Gasteiger partial charge < -0.3 is 10.2 Å². The molecule has 0 radical (unpaired) electrons. The molecule has 1 aliphatic heterocycles. The van der Waals surface area contributed by atoms with Crippen LogP contribution in [0.5, 0.6) is 0 Å². The Morgan fingerprint density at radius 1 is 1.20 bits per heavy atom. The number of nitrogens with zero attached hydrogens (tertiary/aromatic N) is 2. The van der Waals surface area contributed by atoms with Crippen LogP contribution in [0.2, 0.25) is 5.02 Å². The fourth-order valence-corrected chi connectivity index (χ4v) is 3.56. The van der Waals surface area contributed by atoms with Gasteiger partial charge in [0.2, 0.25) is 5.91 Å². The van der Waals surface area contributed by atoms with E-state index in [0.717, 1.165) is 56.2 Å². The van der Waals surface area contributed by atoms with E-state index in [2.05, 4.69) is 35.9 Å². The van der Waals surface area contributed by atoms with Crippen molar-refractivity contribution in [3.05, 3.63) is 34.9 Å². The van der Waals surface area contributed by atoms with Crippen molar-refractivity contribution in [1.82, 2.24) is 15.1 Å². The lowest BCUT2D eigenvalue weighted by atomic mass is 10.0. The third kappa shape index (κ3) is 6.28. The summed E-state index contributed by atoms with van der Waals surface area (Å²) in [4.78, 5) is 17.1. The number of carbonyl (C=O) groups excluding carboxylic acids is 1. The molecule has 1 saturated heterocycles. The van der Waals surface area contributed by atoms with Crippen molar-refractivity contribution >= 4 is 17.5 Å². The molecular formula is C20H32ClN3O. The Morgan fingerprint density at radius 3 is 2.52 bits per heavy atom. The van der Waals surface area contributed by atoms with Crippen LogP contribution < -0.4 is 5.32 Å². The first-order valence-electron chi connectivity index (χ1n) is 9.40. The van der Waals surface area contributed by atoms with E-state index in [9.17, 15) is 4.79 Å². The normalized spacial score (nSPS) is 16.8. The quantitative estimate of drug-likeness (QED) is 0.768. The summed E-state index contributed by atoms with van der Waals surface area (Å²) >= 11 is 6.16.